The molecule has 0 saturated heterocycles. The number of halogens is 1. The Balaban J connectivity index is 2.93. The monoisotopic (exact) mass is 171 g/mol. The molecule has 1 rings (SSSR count). The fourth-order valence-corrected chi connectivity index (χ4v) is 1.12. The molecule has 60 valence electrons. The molecule has 0 radical (unpaired) electrons. The third kappa shape index (κ3) is 1.91. The summed E-state index contributed by atoms with van der Waals surface area (Å²) in [5.74, 6) is 0. The molecule has 0 spiro atoms. The van der Waals surface area contributed by atoms with Crippen molar-refractivity contribution in [1.29, 1.82) is 0 Å². The Kier molecular flexibility index (Phi) is 2.85. The van der Waals surface area contributed by atoms with Crippen molar-refractivity contribution in [2.75, 3.05) is 7.11 Å². The number of nitrogens with zero attached hydrogens (tertiary/aromatic N) is 1. The van der Waals surface area contributed by atoms with Crippen LogP contribution in [0.2, 0.25) is 5.02 Å². The Bertz CT molecular complexity index is 239. The number of hydrogen-bond donors (Lipinski definition) is 0. The molecule has 0 N–H and O–H groups in total. The van der Waals surface area contributed by atoms with Gasteiger partial charge in [-0.25, -0.2) is 0 Å². The Morgan fingerprint density at radius 1 is 1.64 bits per heavy atom. The standard InChI is InChI=1S/C8H10ClNO/c1-6(11-2)7-3-4-10-5-8(7)9/h3-6H,1-2H3. The lowest BCUT2D eigenvalue weighted by molar-refractivity contribution is 0.119. The lowest BCUT2D eigenvalue weighted by Crippen LogP contribution is -1.96. The third-order valence-corrected chi connectivity index (χ3v) is 1.91. The second-order valence-electron chi connectivity index (χ2n) is 2.28. The number of hydrogen-bond acceptors (Lipinski definition) is 2. The van der Waals surface area contributed by atoms with Gasteiger partial charge in [-0.3, -0.25) is 4.98 Å². The van der Waals surface area contributed by atoms with E-state index in [0.717, 1.165) is 5.56 Å². The maximum absolute atomic E-state index is 5.86. The van der Waals surface area contributed by atoms with Gasteiger partial charge in [-0.1, -0.05) is 11.6 Å². The molecule has 0 aliphatic heterocycles. The molecule has 1 unspecified atom stereocenters. The summed E-state index contributed by atoms with van der Waals surface area (Å²) in [7, 11) is 1.65. The minimum atomic E-state index is 0.0329. The maximum Gasteiger partial charge on any atom is 0.0808 e. The lowest BCUT2D eigenvalue weighted by atomic mass is 10.2. The molecule has 0 amide bonds. The van der Waals surface area contributed by atoms with Gasteiger partial charge in [-0.15, -0.1) is 0 Å². The molecule has 0 aromatic carbocycles. The van der Waals surface area contributed by atoms with Crippen LogP contribution in [0, 0.1) is 0 Å². The van der Waals surface area contributed by atoms with Crippen LogP contribution < -0.4 is 0 Å². The van der Waals surface area contributed by atoms with Gasteiger partial charge < -0.3 is 4.74 Å². The van der Waals surface area contributed by atoms with E-state index in [-0.39, 0.29) is 6.10 Å². The van der Waals surface area contributed by atoms with Gasteiger partial charge >= 0.3 is 0 Å². The van der Waals surface area contributed by atoms with Crippen molar-refractivity contribution in [3.05, 3.63) is 29.0 Å². The first-order chi connectivity index (χ1) is 5.25. The van der Waals surface area contributed by atoms with E-state index in [1.54, 1.807) is 19.5 Å². The molecule has 0 bridgehead atoms. The molecule has 0 fully saturated rings. The molecule has 11 heavy (non-hydrogen) atoms. The number of methoxy groups -OCH3 is 1. The van der Waals surface area contributed by atoms with Gasteiger partial charge in [0.25, 0.3) is 0 Å². The van der Waals surface area contributed by atoms with E-state index in [9.17, 15) is 0 Å². The summed E-state index contributed by atoms with van der Waals surface area (Å²) in [6, 6.07) is 1.86. The van der Waals surface area contributed by atoms with Crippen LogP contribution in [0.1, 0.15) is 18.6 Å². The highest BCUT2D eigenvalue weighted by Crippen LogP contribution is 2.22. The summed E-state index contributed by atoms with van der Waals surface area (Å²) in [6.07, 6.45) is 3.36. The van der Waals surface area contributed by atoms with Crippen molar-refractivity contribution < 1.29 is 4.74 Å². The molecule has 1 heterocycles. The van der Waals surface area contributed by atoms with Crippen molar-refractivity contribution in [1.82, 2.24) is 4.98 Å². The number of ether oxygens (including phenoxy) is 1. The highest BCUT2D eigenvalue weighted by atomic mass is 35.5. The summed E-state index contributed by atoms with van der Waals surface area (Å²) in [5, 5.41) is 0.654. The van der Waals surface area contributed by atoms with Crippen LogP contribution >= 0.6 is 11.6 Å². The number of rotatable bonds is 2. The molecule has 0 saturated carbocycles. The maximum atomic E-state index is 5.86. The average molecular weight is 172 g/mol. The van der Waals surface area contributed by atoms with E-state index >= 15 is 0 Å². The van der Waals surface area contributed by atoms with E-state index in [1.807, 2.05) is 13.0 Å². The van der Waals surface area contributed by atoms with E-state index < -0.39 is 0 Å². The van der Waals surface area contributed by atoms with Crippen LogP contribution in [0.15, 0.2) is 18.5 Å². The Morgan fingerprint density at radius 2 is 2.36 bits per heavy atom. The molecule has 3 heteroatoms. The van der Waals surface area contributed by atoms with Crippen LogP contribution in [0.3, 0.4) is 0 Å². The molecule has 1 aromatic heterocycles. The minimum absolute atomic E-state index is 0.0329. The van der Waals surface area contributed by atoms with Crippen LogP contribution in [0.4, 0.5) is 0 Å². The van der Waals surface area contributed by atoms with Gasteiger partial charge in [0, 0.05) is 25.1 Å². The number of pyridine rings is 1. The van der Waals surface area contributed by atoms with Crippen molar-refractivity contribution in [3.8, 4) is 0 Å². The molecule has 1 aromatic rings. The summed E-state index contributed by atoms with van der Waals surface area (Å²) in [6.45, 7) is 1.95. The fourth-order valence-electron chi connectivity index (χ4n) is 0.843. The highest BCUT2D eigenvalue weighted by molar-refractivity contribution is 6.31. The van der Waals surface area contributed by atoms with Crippen LogP contribution in [0.25, 0.3) is 0 Å². The predicted molar refractivity (Wildman–Crippen MR) is 44.7 cm³/mol. The SMILES string of the molecule is COC(C)c1ccncc1Cl. The number of aromatic nitrogens is 1. The van der Waals surface area contributed by atoms with Crippen molar-refractivity contribution in [3.63, 3.8) is 0 Å². The quantitative estimate of drug-likeness (QED) is 0.682. The van der Waals surface area contributed by atoms with Crippen molar-refractivity contribution >= 4 is 11.6 Å². The first-order valence-electron chi connectivity index (χ1n) is 3.38. The first-order valence-corrected chi connectivity index (χ1v) is 3.75. The Hall–Kier alpha value is -0.600. The molecule has 0 aliphatic carbocycles. The highest BCUT2D eigenvalue weighted by Gasteiger charge is 2.06. The molecule has 1 atom stereocenters. The summed E-state index contributed by atoms with van der Waals surface area (Å²) in [4.78, 5) is 3.87. The fraction of sp³-hybridized carbons (Fsp3) is 0.375. The second-order valence-corrected chi connectivity index (χ2v) is 2.68. The van der Waals surface area contributed by atoms with Crippen molar-refractivity contribution in [2.24, 2.45) is 0 Å². The molecule has 2 nitrogen and oxygen atoms in total. The topological polar surface area (TPSA) is 22.1 Å². The van der Waals surface area contributed by atoms with Gasteiger partial charge in [-0.05, 0) is 13.0 Å². The zero-order valence-electron chi connectivity index (χ0n) is 6.54. The van der Waals surface area contributed by atoms with Gasteiger partial charge in [0.1, 0.15) is 0 Å². The third-order valence-electron chi connectivity index (χ3n) is 1.60. The second kappa shape index (κ2) is 3.69. The lowest BCUT2D eigenvalue weighted by Gasteiger charge is -2.10. The Labute approximate surface area is 71.2 Å². The zero-order chi connectivity index (χ0) is 8.27. The smallest absolute Gasteiger partial charge is 0.0808 e. The van der Waals surface area contributed by atoms with Gasteiger partial charge in [0.05, 0.1) is 11.1 Å². The zero-order valence-corrected chi connectivity index (χ0v) is 7.30. The minimum Gasteiger partial charge on any atom is -0.377 e. The Morgan fingerprint density at radius 3 is 2.91 bits per heavy atom. The molecule has 0 aliphatic rings. The predicted octanol–water partition coefficient (Wildman–Crippen LogP) is 2.44. The van der Waals surface area contributed by atoms with Crippen LogP contribution in [-0.4, -0.2) is 12.1 Å². The van der Waals surface area contributed by atoms with Crippen LogP contribution in [0.5, 0.6) is 0 Å². The van der Waals surface area contributed by atoms with Gasteiger partial charge in [-0.2, -0.15) is 0 Å². The normalized spacial score (nSPS) is 13.0. The summed E-state index contributed by atoms with van der Waals surface area (Å²) in [5.41, 5.74) is 0.976. The summed E-state index contributed by atoms with van der Waals surface area (Å²) < 4.78 is 5.10. The first kappa shape index (κ1) is 8.50. The average Bonchev–Trinajstić information content (AvgIpc) is 2.04. The van der Waals surface area contributed by atoms with Crippen LogP contribution in [-0.2, 0) is 4.74 Å². The van der Waals surface area contributed by atoms with Gasteiger partial charge in [0.15, 0.2) is 0 Å². The summed E-state index contributed by atoms with van der Waals surface area (Å²) >= 11 is 5.86. The largest absolute Gasteiger partial charge is 0.377 e. The molecular formula is C8H10ClNO. The van der Waals surface area contributed by atoms with E-state index in [1.165, 1.54) is 0 Å². The van der Waals surface area contributed by atoms with Gasteiger partial charge in [0.2, 0.25) is 0 Å². The van der Waals surface area contributed by atoms with E-state index in [0.29, 0.717) is 5.02 Å². The van der Waals surface area contributed by atoms with E-state index in [2.05, 4.69) is 4.98 Å². The van der Waals surface area contributed by atoms with Crippen molar-refractivity contribution in [2.45, 2.75) is 13.0 Å². The molecular weight excluding hydrogens is 162 g/mol. The van der Waals surface area contributed by atoms with E-state index in [4.69, 9.17) is 16.3 Å².